The number of ether oxygens (including phenoxy) is 1. The van der Waals surface area contributed by atoms with Crippen LogP contribution >= 0.6 is 11.6 Å². The quantitative estimate of drug-likeness (QED) is 0.769. The van der Waals surface area contributed by atoms with Crippen molar-refractivity contribution in [2.24, 2.45) is 23.7 Å². The third kappa shape index (κ3) is 3.34. The van der Waals surface area contributed by atoms with E-state index in [0.717, 1.165) is 43.6 Å². The van der Waals surface area contributed by atoms with Gasteiger partial charge in [-0.05, 0) is 74.0 Å². The summed E-state index contributed by atoms with van der Waals surface area (Å²) in [6.07, 6.45) is 5.93. The van der Waals surface area contributed by atoms with Crippen LogP contribution in [0.3, 0.4) is 0 Å². The highest BCUT2D eigenvalue weighted by atomic mass is 35.5. The van der Waals surface area contributed by atoms with Gasteiger partial charge in [0.25, 0.3) is 0 Å². The Morgan fingerprint density at radius 3 is 2.33 bits per heavy atom. The Morgan fingerprint density at radius 1 is 1.15 bits per heavy atom. The molecule has 4 aliphatic carbocycles. The van der Waals surface area contributed by atoms with Crippen LogP contribution in [0.15, 0.2) is 18.2 Å². The topological polar surface area (TPSA) is 67.4 Å². The molecule has 0 aliphatic heterocycles. The Labute approximate surface area is 163 Å². The predicted octanol–water partition coefficient (Wildman–Crippen LogP) is 3.38. The van der Waals surface area contributed by atoms with E-state index in [9.17, 15) is 14.0 Å². The Kier molecular flexibility index (Phi) is 4.89. The second-order valence-corrected chi connectivity index (χ2v) is 8.64. The Hall–Kier alpha value is -1.66. The van der Waals surface area contributed by atoms with Crippen LogP contribution in [0.4, 0.5) is 10.1 Å². The maximum atomic E-state index is 13.2. The van der Waals surface area contributed by atoms with Crippen molar-refractivity contribution in [3.05, 3.63) is 29.0 Å². The molecule has 2 amide bonds. The van der Waals surface area contributed by atoms with Crippen LogP contribution in [0.1, 0.15) is 32.1 Å². The fraction of sp³-hybridized carbons (Fsp3) is 0.600. The van der Waals surface area contributed by atoms with Crippen LogP contribution in [-0.4, -0.2) is 31.1 Å². The molecule has 0 saturated heterocycles. The zero-order valence-electron chi connectivity index (χ0n) is 15.3. The number of carbonyl (C=O) groups excluding carboxylic acids is 2. The molecule has 27 heavy (non-hydrogen) atoms. The number of hydrogen-bond acceptors (Lipinski definition) is 3. The molecule has 146 valence electrons. The Balaban J connectivity index is 1.39. The van der Waals surface area contributed by atoms with Gasteiger partial charge >= 0.3 is 11.8 Å². The van der Waals surface area contributed by atoms with Crippen LogP contribution in [-0.2, 0) is 14.3 Å². The van der Waals surface area contributed by atoms with Crippen molar-refractivity contribution < 1.29 is 18.7 Å². The highest BCUT2D eigenvalue weighted by molar-refractivity contribution is 6.39. The van der Waals surface area contributed by atoms with Gasteiger partial charge in [-0.2, -0.15) is 0 Å². The van der Waals surface area contributed by atoms with Crippen LogP contribution < -0.4 is 10.6 Å². The first kappa shape index (κ1) is 18.7. The molecule has 0 unspecified atom stereocenters. The van der Waals surface area contributed by atoms with E-state index in [1.165, 1.54) is 18.6 Å². The summed E-state index contributed by atoms with van der Waals surface area (Å²) in [7, 11) is 1.72. The molecule has 2 N–H and O–H groups in total. The molecule has 1 aromatic carbocycles. The van der Waals surface area contributed by atoms with E-state index >= 15 is 0 Å². The number of hydrogen-bond donors (Lipinski definition) is 2. The standard InChI is InChI=1S/C20H24ClFN2O3/c1-27-20(13-5-11-4-12(7-13)8-14(20)6-11)10-23-18(25)19(26)24-15-2-3-17(22)16(21)9-15/h2-3,9,11-14H,4-8,10H2,1H3,(H,23,25)(H,24,26). The largest absolute Gasteiger partial charge is 0.376 e. The lowest BCUT2D eigenvalue weighted by molar-refractivity contribution is -0.188. The van der Waals surface area contributed by atoms with Crippen molar-refractivity contribution in [3.8, 4) is 0 Å². The molecule has 0 heterocycles. The summed E-state index contributed by atoms with van der Waals surface area (Å²) >= 11 is 5.70. The molecule has 0 radical (unpaired) electrons. The van der Waals surface area contributed by atoms with Crippen LogP contribution in [0.5, 0.6) is 0 Å². The van der Waals surface area contributed by atoms with E-state index in [4.69, 9.17) is 16.3 Å². The fourth-order valence-electron chi connectivity index (χ4n) is 5.74. The maximum Gasteiger partial charge on any atom is 0.313 e. The molecule has 0 atom stereocenters. The average Bonchev–Trinajstić information content (AvgIpc) is 2.64. The minimum absolute atomic E-state index is 0.111. The summed E-state index contributed by atoms with van der Waals surface area (Å²) in [5, 5.41) is 5.10. The van der Waals surface area contributed by atoms with Crippen LogP contribution in [0.25, 0.3) is 0 Å². The van der Waals surface area contributed by atoms with Gasteiger partial charge in [-0.1, -0.05) is 11.6 Å². The molecule has 4 saturated carbocycles. The minimum atomic E-state index is -0.798. The summed E-state index contributed by atoms with van der Waals surface area (Å²) in [5.74, 6) is 0.364. The zero-order chi connectivity index (χ0) is 19.2. The van der Waals surface area contributed by atoms with Gasteiger partial charge in [0.2, 0.25) is 0 Å². The SMILES string of the molecule is COC1(CNC(=O)C(=O)Nc2ccc(F)c(Cl)c2)C2CC3CC(C2)CC1C3. The summed E-state index contributed by atoms with van der Waals surface area (Å²) in [6, 6.07) is 3.78. The van der Waals surface area contributed by atoms with Gasteiger partial charge in [0, 0.05) is 19.3 Å². The number of anilines is 1. The van der Waals surface area contributed by atoms with Crippen LogP contribution in [0, 0.1) is 29.5 Å². The molecule has 0 aromatic heterocycles. The normalized spacial score (nSPS) is 33.7. The van der Waals surface area contributed by atoms with E-state index in [-0.39, 0.29) is 16.3 Å². The monoisotopic (exact) mass is 394 g/mol. The molecule has 4 bridgehead atoms. The first-order valence-electron chi connectivity index (χ1n) is 9.50. The molecule has 5 rings (SSSR count). The van der Waals surface area contributed by atoms with Gasteiger partial charge in [0.1, 0.15) is 5.82 Å². The summed E-state index contributed by atoms with van der Waals surface area (Å²) in [6.45, 7) is 0.342. The van der Waals surface area contributed by atoms with Gasteiger partial charge in [-0.15, -0.1) is 0 Å². The first-order chi connectivity index (χ1) is 12.9. The van der Waals surface area contributed by atoms with Gasteiger partial charge in [0.05, 0.1) is 10.6 Å². The van der Waals surface area contributed by atoms with Gasteiger partial charge in [-0.25, -0.2) is 4.39 Å². The number of methoxy groups -OCH3 is 1. The van der Waals surface area contributed by atoms with E-state index in [0.29, 0.717) is 18.4 Å². The van der Waals surface area contributed by atoms with Crippen molar-refractivity contribution in [3.63, 3.8) is 0 Å². The molecule has 0 spiro atoms. The van der Waals surface area contributed by atoms with Crippen molar-refractivity contribution in [1.82, 2.24) is 5.32 Å². The van der Waals surface area contributed by atoms with Gasteiger partial charge < -0.3 is 15.4 Å². The summed E-state index contributed by atoms with van der Waals surface area (Å²) < 4.78 is 19.2. The van der Waals surface area contributed by atoms with E-state index in [1.807, 2.05) is 0 Å². The number of rotatable bonds is 4. The molecule has 7 heteroatoms. The number of halogens is 2. The van der Waals surface area contributed by atoms with Gasteiger partial charge in [0.15, 0.2) is 0 Å². The smallest absolute Gasteiger partial charge is 0.313 e. The van der Waals surface area contributed by atoms with E-state index in [2.05, 4.69) is 10.6 Å². The molecule has 5 nitrogen and oxygen atoms in total. The van der Waals surface area contributed by atoms with Crippen molar-refractivity contribution >= 4 is 29.1 Å². The Bertz CT molecular complexity index is 742. The van der Waals surface area contributed by atoms with E-state index in [1.54, 1.807) is 7.11 Å². The second-order valence-electron chi connectivity index (χ2n) is 8.23. The lowest BCUT2D eigenvalue weighted by atomic mass is 9.49. The minimum Gasteiger partial charge on any atom is -0.376 e. The molecule has 4 aliphatic rings. The number of benzene rings is 1. The summed E-state index contributed by atoms with van der Waals surface area (Å²) in [5.41, 5.74) is -0.0969. The number of amides is 2. The molecule has 1 aromatic rings. The van der Waals surface area contributed by atoms with Crippen molar-refractivity contribution in [2.45, 2.75) is 37.7 Å². The van der Waals surface area contributed by atoms with Crippen molar-refractivity contribution in [2.75, 3.05) is 19.0 Å². The predicted molar refractivity (Wildman–Crippen MR) is 99.8 cm³/mol. The third-order valence-corrected chi connectivity index (χ3v) is 7.10. The molecular weight excluding hydrogens is 371 g/mol. The fourth-order valence-corrected chi connectivity index (χ4v) is 5.92. The molecule has 4 fully saturated rings. The third-order valence-electron chi connectivity index (χ3n) is 6.81. The lowest BCUT2D eigenvalue weighted by Crippen LogP contribution is -2.63. The number of carbonyl (C=O) groups is 2. The zero-order valence-corrected chi connectivity index (χ0v) is 16.0. The second kappa shape index (κ2) is 7.06. The lowest BCUT2D eigenvalue weighted by Gasteiger charge is -2.60. The summed E-state index contributed by atoms with van der Waals surface area (Å²) in [4.78, 5) is 24.5. The highest BCUT2D eigenvalue weighted by Gasteiger charge is 2.57. The van der Waals surface area contributed by atoms with Gasteiger partial charge in [-0.3, -0.25) is 9.59 Å². The maximum absolute atomic E-state index is 13.2. The highest BCUT2D eigenvalue weighted by Crippen LogP contribution is 2.59. The average molecular weight is 395 g/mol. The van der Waals surface area contributed by atoms with Crippen LogP contribution in [0.2, 0.25) is 5.02 Å². The van der Waals surface area contributed by atoms with E-state index < -0.39 is 17.6 Å². The van der Waals surface area contributed by atoms with Crippen molar-refractivity contribution in [1.29, 1.82) is 0 Å². The Morgan fingerprint density at radius 2 is 1.78 bits per heavy atom. The molecular formula is C20H24ClFN2O3. The number of nitrogens with one attached hydrogen (secondary N) is 2. The first-order valence-corrected chi connectivity index (χ1v) is 9.88.